The lowest BCUT2D eigenvalue weighted by atomic mass is 10.3. The molecule has 0 saturated carbocycles. The molecule has 0 spiro atoms. The molecule has 0 atom stereocenters. The topological polar surface area (TPSA) is 38.3 Å². The Kier molecular flexibility index (Phi) is 3.74. The molecule has 13 heavy (non-hydrogen) atoms. The highest BCUT2D eigenvalue weighted by molar-refractivity contribution is 9.11. The summed E-state index contributed by atoms with van der Waals surface area (Å²) >= 11 is 6.63. The van der Waals surface area contributed by atoms with Crippen LogP contribution in [0.1, 0.15) is 0 Å². The number of amides is 1. The van der Waals surface area contributed by atoms with Crippen LogP contribution in [-0.2, 0) is 4.79 Å². The maximum atomic E-state index is 10.2. The molecule has 5 heteroatoms. The molecule has 0 aromatic heterocycles. The van der Waals surface area contributed by atoms with Crippen LogP contribution in [0.25, 0.3) is 0 Å². The molecular formula is C8H7Br2NO2. The molecule has 1 N–H and O–H groups in total. The molecule has 0 heterocycles. The van der Waals surface area contributed by atoms with E-state index < -0.39 is 0 Å². The lowest BCUT2D eigenvalue weighted by Gasteiger charge is -2.07. The van der Waals surface area contributed by atoms with Gasteiger partial charge >= 0.3 is 0 Å². The van der Waals surface area contributed by atoms with Gasteiger partial charge in [-0.2, -0.15) is 0 Å². The summed E-state index contributed by atoms with van der Waals surface area (Å²) in [5, 5.41) is 2.55. The normalized spacial score (nSPS) is 9.46. The van der Waals surface area contributed by atoms with Crippen LogP contribution < -0.4 is 10.1 Å². The minimum Gasteiger partial charge on any atom is -0.495 e. The molecule has 0 aliphatic carbocycles. The van der Waals surface area contributed by atoms with Crippen molar-refractivity contribution in [2.75, 3.05) is 12.4 Å². The molecule has 70 valence electrons. The van der Waals surface area contributed by atoms with Gasteiger partial charge in [0.1, 0.15) is 5.75 Å². The predicted molar refractivity (Wildman–Crippen MR) is 58.1 cm³/mol. The third-order valence-corrected chi connectivity index (χ3v) is 2.73. The average molecular weight is 309 g/mol. The standard InChI is InChI=1S/C8H7Br2NO2/c1-13-8-3-7(11-4-12)5(9)2-6(8)10/h2-4H,1H3,(H,11,12). The second-order valence-corrected chi connectivity index (χ2v) is 3.94. The van der Waals surface area contributed by atoms with Gasteiger partial charge in [0.15, 0.2) is 0 Å². The Balaban J connectivity index is 3.13. The summed E-state index contributed by atoms with van der Waals surface area (Å²) in [6, 6.07) is 3.53. The zero-order valence-electron chi connectivity index (χ0n) is 6.80. The van der Waals surface area contributed by atoms with Crippen LogP contribution in [0.4, 0.5) is 5.69 Å². The lowest BCUT2D eigenvalue weighted by molar-refractivity contribution is -0.105. The molecule has 3 nitrogen and oxygen atoms in total. The predicted octanol–water partition coefficient (Wildman–Crippen LogP) is 2.79. The molecule has 1 rings (SSSR count). The van der Waals surface area contributed by atoms with Crippen LogP contribution in [0, 0.1) is 0 Å². The number of benzene rings is 1. The van der Waals surface area contributed by atoms with Gasteiger partial charge in [-0.05, 0) is 37.9 Å². The van der Waals surface area contributed by atoms with E-state index in [1.165, 1.54) is 0 Å². The van der Waals surface area contributed by atoms with E-state index in [0.717, 1.165) is 8.95 Å². The van der Waals surface area contributed by atoms with E-state index >= 15 is 0 Å². The molecule has 1 aromatic carbocycles. The number of carbonyl (C=O) groups excluding carboxylic acids is 1. The number of hydrogen-bond acceptors (Lipinski definition) is 2. The zero-order valence-corrected chi connectivity index (χ0v) is 9.98. The smallest absolute Gasteiger partial charge is 0.211 e. The van der Waals surface area contributed by atoms with E-state index in [-0.39, 0.29) is 0 Å². The maximum absolute atomic E-state index is 10.2. The summed E-state index contributed by atoms with van der Waals surface area (Å²) < 4.78 is 6.69. The first kappa shape index (κ1) is 10.5. The first-order valence-corrected chi connectivity index (χ1v) is 5.01. The fourth-order valence-electron chi connectivity index (χ4n) is 0.860. The SMILES string of the molecule is COc1cc(NC=O)c(Br)cc1Br. The summed E-state index contributed by atoms with van der Waals surface area (Å²) in [4.78, 5) is 10.2. The number of methoxy groups -OCH3 is 1. The summed E-state index contributed by atoms with van der Waals surface area (Å²) in [5.74, 6) is 0.674. The second kappa shape index (κ2) is 4.62. The lowest BCUT2D eigenvalue weighted by Crippen LogP contribution is -1.96. The Bertz CT molecular complexity index is 328. The van der Waals surface area contributed by atoms with Crippen molar-refractivity contribution in [1.82, 2.24) is 0 Å². The molecular weight excluding hydrogens is 302 g/mol. The van der Waals surface area contributed by atoms with E-state index in [1.54, 1.807) is 13.2 Å². The summed E-state index contributed by atoms with van der Waals surface area (Å²) in [6.07, 6.45) is 0.618. The number of rotatable bonds is 3. The minimum atomic E-state index is 0.618. The minimum absolute atomic E-state index is 0.618. The number of ether oxygens (including phenoxy) is 1. The maximum Gasteiger partial charge on any atom is 0.211 e. The quantitative estimate of drug-likeness (QED) is 0.872. The Morgan fingerprint density at radius 2 is 2.08 bits per heavy atom. The molecule has 1 aromatic rings. The third-order valence-electron chi connectivity index (χ3n) is 1.46. The van der Waals surface area contributed by atoms with Gasteiger partial charge in [0.25, 0.3) is 0 Å². The summed E-state index contributed by atoms with van der Waals surface area (Å²) in [6.45, 7) is 0. The van der Waals surface area contributed by atoms with Gasteiger partial charge in [-0.25, -0.2) is 0 Å². The summed E-state index contributed by atoms with van der Waals surface area (Å²) in [5.41, 5.74) is 0.676. The van der Waals surface area contributed by atoms with Gasteiger partial charge in [0.05, 0.1) is 17.3 Å². The highest BCUT2D eigenvalue weighted by Crippen LogP contribution is 2.34. The molecule has 0 radical (unpaired) electrons. The first-order valence-electron chi connectivity index (χ1n) is 3.42. The van der Waals surface area contributed by atoms with Crippen LogP contribution in [0.5, 0.6) is 5.75 Å². The highest BCUT2D eigenvalue weighted by atomic mass is 79.9. The Morgan fingerprint density at radius 1 is 1.38 bits per heavy atom. The molecule has 0 aliphatic rings. The first-order chi connectivity index (χ1) is 6.19. The average Bonchev–Trinajstić information content (AvgIpc) is 2.10. The van der Waals surface area contributed by atoms with Crippen LogP contribution in [-0.4, -0.2) is 13.5 Å². The Morgan fingerprint density at radius 3 is 2.62 bits per heavy atom. The van der Waals surface area contributed by atoms with Crippen LogP contribution in [0.15, 0.2) is 21.1 Å². The van der Waals surface area contributed by atoms with Crippen molar-refractivity contribution in [3.8, 4) is 5.75 Å². The Hall–Kier alpha value is -0.550. The molecule has 0 fully saturated rings. The number of carbonyl (C=O) groups is 1. The second-order valence-electron chi connectivity index (χ2n) is 2.23. The number of hydrogen-bond donors (Lipinski definition) is 1. The van der Waals surface area contributed by atoms with Crippen LogP contribution >= 0.6 is 31.9 Å². The van der Waals surface area contributed by atoms with E-state index in [2.05, 4.69) is 37.2 Å². The molecule has 0 aliphatic heterocycles. The molecule has 0 bridgehead atoms. The van der Waals surface area contributed by atoms with Crippen LogP contribution in [0.2, 0.25) is 0 Å². The van der Waals surface area contributed by atoms with Crippen molar-refractivity contribution in [1.29, 1.82) is 0 Å². The van der Waals surface area contributed by atoms with Crippen LogP contribution in [0.3, 0.4) is 0 Å². The highest BCUT2D eigenvalue weighted by Gasteiger charge is 2.05. The van der Waals surface area contributed by atoms with Gasteiger partial charge in [0.2, 0.25) is 6.41 Å². The summed E-state index contributed by atoms with van der Waals surface area (Å²) in [7, 11) is 1.57. The number of halogens is 2. The van der Waals surface area contributed by atoms with Gasteiger partial charge in [-0.3, -0.25) is 4.79 Å². The monoisotopic (exact) mass is 307 g/mol. The zero-order chi connectivity index (χ0) is 9.84. The van der Waals surface area contributed by atoms with E-state index in [1.807, 2.05) is 6.07 Å². The van der Waals surface area contributed by atoms with Crippen molar-refractivity contribution >= 4 is 44.0 Å². The van der Waals surface area contributed by atoms with Crippen molar-refractivity contribution < 1.29 is 9.53 Å². The number of nitrogens with one attached hydrogen (secondary N) is 1. The molecule has 1 amide bonds. The van der Waals surface area contributed by atoms with Crippen molar-refractivity contribution in [2.45, 2.75) is 0 Å². The Labute approximate surface area is 92.7 Å². The van der Waals surface area contributed by atoms with Gasteiger partial charge < -0.3 is 10.1 Å². The molecule has 0 unspecified atom stereocenters. The fourth-order valence-corrected chi connectivity index (χ4v) is 2.13. The fraction of sp³-hybridized carbons (Fsp3) is 0.125. The van der Waals surface area contributed by atoms with Gasteiger partial charge in [-0.1, -0.05) is 0 Å². The van der Waals surface area contributed by atoms with Crippen molar-refractivity contribution in [2.24, 2.45) is 0 Å². The van der Waals surface area contributed by atoms with E-state index in [4.69, 9.17) is 4.74 Å². The van der Waals surface area contributed by atoms with E-state index in [0.29, 0.717) is 17.8 Å². The van der Waals surface area contributed by atoms with E-state index in [9.17, 15) is 4.79 Å². The van der Waals surface area contributed by atoms with Gasteiger partial charge in [0, 0.05) is 10.5 Å². The molecule has 0 saturated heterocycles. The number of anilines is 1. The van der Waals surface area contributed by atoms with Crippen molar-refractivity contribution in [3.05, 3.63) is 21.1 Å². The largest absolute Gasteiger partial charge is 0.495 e. The third kappa shape index (κ3) is 2.45. The van der Waals surface area contributed by atoms with Crippen molar-refractivity contribution in [3.63, 3.8) is 0 Å². The van der Waals surface area contributed by atoms with Gasteiger partial charge in [-0.15, -0.1) is 0 Å².